The van der Waals surface area contributed by atoms with Gasteiger partial charge in [-0.05, 0) is 65.1 Å². The molecule has 0 aliphatic heterocycles. The standard InChI is InChI=1S/C19H19IN2O2/c20-16-10-4-3-9-15(16)19(24)21-12-18(23)22-17-11-5-7-13-6-1-2-8-14(13)17/h1-4,6,8-10,17H,5,7,11-12H2,(H,21,24)(H,22,23). The van der Waals surface area contributed by atoms with Crippen LogP contribution in [0.5, 0.6) is 0 Å². The second kappa shape index (κ2) is 7.79. The van der Waals surface area contributed by atoms with Crippen LogP contribution in [0.2, 0.25) is 0 Å². The van der Waals surface area contributed by atoms with E-state index in [0.717, 1.165) is 22.8 Å². The Balaban J connectivity index is 1.57. The number of halogens is 1. The molecule has 2 aromatic rings. The van der Waals surface area contributed by atoms with Gasteiger partial charge in [0.1, 0.15) is 0 Å². The van der Waals surface area contributed by atoms with Crippen LogP contribution in [0.15, 0.2) is 48.5 Å². The van der Waals surface area contributed by atoms with E-state index in [1.54, 1.807) is 6.07 Å². The number of benzene rings is 2. The molecular weight excluding hydrogens is 415 g/mol. The first-order chi connectivity index (χ1) is 11.6. The summed E-state index contributed by atoms with van der Waals surface area (Å²) in [4.78, 5) is 24.4. The largest absolute Gasteiger partial charge is 0.348 e. The Morgan fingerprint density at radius 2 is 1.83 bits per heavy atom. The van der Waals surface area contributed by atoms with Gasteiger partial charge >= 0.3 is 0 Å². The number of fused-ring (bicyclic) bond motifs is 1. The summed E-state index contributed by atoms with van der Waals surface area (Å²) in [5.74, 6) is -0.379. The van der Waals surface area contributed by atoms with E-state index in [-0.39, 0.29) is 24.4 Å². The van der Waals surface area contributed by atoms with Crippen LogP contribution >= 0.6 is 22.6 Å². The third-order valence-corrected chi connectivity index (χ3v) is 5.17. The van der Waals surface area contributed by atoms with E-state index in [4.69, 9.17) is 0 Å². The van der Waals surface area contributed by atoms with E-state index < -0.39 is 0 Å². The molecule has 2 N–H and O–H groups in total. The van der Waals surface area contributed by atoms with E-state index in [9.17, 15) is 9.59 Å². The van der Waals surface area contributed by atoms with E-state index >= 15 is 0 Å². The molecule has 5 heteroatoms. The number of hydrogen-bond acceptors (Lipinski definition) is 2. The van der Waals surface area contributed by atoms with Crippen molar-refractivity contribution < 1.29 is 9.59 Å². The lowest BCUT2D eigenvalue weighted by Crippen LogP contribution is -2.39. The number of nitrogens with one attached hydrogen (secondary N) is 2. The SMILES string of the molecule is O=C(CNC(=O)c1ccccc1I)NC1CCCc2ccccc21. The maximum absolute atomic E-state index is 12.2. The highest BCUT2D eigenvalue weighted by molar-refractivity contribution is 14.1. The minimum Gasteiger partial charge on any atom is -0.348 e. The number of carbonyl (C=O) groups is 2. The van der Waals surface area contributed by atoms with Gasteiger partial charge in [-0.15, -0.1) is 0 Å². The van der Waals surface area contributed by atoms with Gasteiger partial charge in [-0.3, -0.25) is 9.59 Å². The molecule has 0 bridgehead atoms. The van der Waals surface area contributed by atoms with E-state index in [0.29, 0.717) is 5.56 Å². The Bertz CT molecular complexity index is 761. The van der Waals surface area contributed by atoms with Gasteiger partial charge in [-0.25, -0.2) is 0 Å². The van der Waals surface area contributed by atoms with Gasteiger partial charge in [0.25, 0.3) is 5.91 Å². The molecule has 1 aliphatic rings. The van der Waals surface area contributed by atoms with E-state index in [2.05, 4.69) is 45.4 Å². The molecular formula is C19H19IN2O2. The van der Waals surface area contributed by atoms with Crippen molar-refractivity contribution in [3.8, 4) is 0 Å². The highest BCUT2D eigenvalue weighted by Gasteiger charge is 2.21. The van der Waals surface area contributed by atoms with E-state index in [1.807, 2.05) is 30.3 Å². The van der Waals surface area contributed by atoms with Crippen molar-refractivity contribution in [2.45, 2.75) is 25.3 Å². The van der Waals surface area contributed by atoms with Gasteiger partial charge in [-0.1, -0.05) is 36.4 Å². The second-order valence-electron chi connectivity index (χ2n) is 5.87. The van der Waals surface area contributed by atoms with Crippen molar-refractivity contribution in [1.29, 1.82) is 0 Å². The van der Waals surface area contributed by atoms with Crippen molar-refractivity contribution >= 4 is 34.4 Å². The van der Waals surface area contributed by atoms with Gasteiger partial charge in [0.15, 0.2) is 0 Å². The number of aryl methyl sites for hydroxylation is 1. The van der Waals surface area contributed by atoms with Gasteiger partial charge < -0.3 is 10.6 Å². The maximum atomic E-state index is 12.2. The van der Waals surface area contributed by atoms with Crippen molar-refractivity contribution in [2.24, 2.45) is 0 Å². The van der Waals surface area contributed by atoms with Gasteiger partial charge in [0.2, 0.25) is 5.91 Å². The number of carbonyl (C=O) groups excluding carboxylic acids is 2. The first-order valence-electron chi connectivity index (χ1n) is 8.05. The predicted octanol–water partition coefficient (Wildman–Crippen LogP) is 3.21. The number of amides is 2. The summed E-state index contributed by atoms with van der Waals surface area (Å²) >= 11 is 2.12. The van der Waals surface area contributed by atoms with Crippen LogP contribution in [0.1, 0.15) is 40.4 Å². The van der Waals surface area contributed by atoms with Crippen LogP contribution in [-0.2, 0) is 11.2 Å². The van der Waals surface area contributed by atoms with Crippen molar-refractivity contribution in [1.82, 2.24) is 10.6 Å². The van der Waals surface area contributed by atoms with Crippen LogP contribution in [-0.4, -0.2) is 18.4 Å². The molecule has 124 valence electrons. The molecule has 0 saturated heterocycles. The van der Waals surface area contributed by atoms with Crippen LogP contribution in [0.4, 0.5) is 0 Å². The molecule has 0 spiro atoms. The lowest BCUT2D eigenvalue weighted by molar-refractivity contribution is -0.121. The van der Waals surface area contributed by atoms with Crippen LogP contribution < -0.4 is 10.6 Å². The highest BCUT2D eigenvalue weighted by Crippen LogP contribution is 2.29. The molecule has 0 saturated carbocycles. The Labute approximate surface area is 155 Å². The molecule has 1 atom stereocenters. The summed E-state index contributed by atoms with van der Waals surface area (Å²) in [6, 6.07) is 15.6. The third kappa shape index (κ3) is 3.95. The first-order valence-corrected chi connectivity index (χ1v) is 9.13. The van der Waals surface area contributed by atoms with Crippen LogP contribution in [0.3, 0.4) is 0 Å². The fraction of sp³-hybridized carbons (Fsp3) is 0.263. The van der Waals surface area contributed by atoms with Gasteiger partial charge in [0.05, 0.1) is 18.2 Å². The molecule has 0 radical (unpaired) electrons. The van der Waals surface area contributed by atoms with Crippen molar-refractivity contribution in [3.05, 3.63) is 68.8 Å². The zero-order valence-corrected chi connectivity index (χ0v) is 15.4. The van der Waals surface area contributed by atoms with Crippen molar-refractivity contribution in [2.75, 3.05) is 6.54 Å². The third-order valence-electron chi connectivity index (χ3n) is 4.23. The molecule has 0 fully saturated rings. The summed E-state index contributed by atoms with van der Waals surface area (Å²) in [6.07, 6.45) is 3.07. The summed E-state index contributed by atoms with van der Waals surface area (Å²) in [5.41, 5.74) is 3.09. The average molecular weight is 434 g/mol. The highest BCUT2D eigenvalue weighted by atomic mass is 127. The first kappa shape index (κ1) is 17.0. The zero-order chi connectivity index (χ0) is 16.9. The predicted molar refractivity (Wildman–Crippen MR) is 102 cm³/mol. The Morgan fingerprint density at radius 1 is 1.08 bits per heavy atom. The van der Waals surface area contributed by atoms with Gasteiger partial charge in [-0.2, -0.15) is 0 Å². The molecule has 4 nitrogen and oxygen atoms in total. The Morgan fingerprint density at radius 3 is 2.67 bits per heavy atom. The fourth-order valence-electron chi connectivity index (χ4n) is 3.05. The molecule has 0 aromatic heterocycles. The second-order valence-corrected chi connectivity index (χ2v) is 7.04. The molecule has 2 amide bonds. The minimum absolute atomic E-state index is 0.0114. The van der Waals surface area contributed by atoms with Crippen LogP contribution in [0.25, 0.3) is 0 Å². The van der Waals surface area contributed by atoms with Gasteiger partial charge in [0, 0.05) is 3.57 Å². The van der Waals surface area contributed by atoms with E-state index in [1.165, 1.54) is 11.1 Å². The smallest absolute Gasteiger partial charge is 0.252 e. The molecule has 1 unspecified atom stereocenters. The Hall–Kier alpha value is -1.89. The van der Waals surface area contributed by atoms with Crippen molar-refractivity contribution in [3.63, 3.8) is 0 Å². The summed E-state index contributed by atoms with van der Waals surface area (Å²) in [5, 5.41) is 5.74. The number of rotatable bonds is 4. The zero-order valence-electron chi connectivity index (χ0n) is 13.2. The minimum atomic E-state index is -0.223. The summed E-state index contributed by atoms with van der Waals surface area (Å²) in [7, 11) is 0. The maximum Gasteiger partial charge on any atom is 0.252 e. The molecule has 1 aliphatic carbocycles. The topological polar surface area (TPSA) is 58.2 Å². The quantitative estimate of drug-likeness (QED) is 0.727. The fourth-order valence-corrected chi connectivity index (χ4v) is 3.68. The van der Waals surface area contributed by atoms with Crippen LogP contribution in [0, 0.1) is 3.57 Å². The normalized spacial score (nSPS) is 16.1. The Kier molecular flexibility index (Phi) is 5.50. The molecule has 2 aromatic carbocycles. The molecule has 0 heterocycles. The monoisotopic (exact) mass is 434 g/mol. The summed E-state index contributed by atoms with van der Waals surface area (Å²) in [6.45, 7) is -0.0114. The average Bonchev–Trinajstić information content (AvgIpc) is 2.60. The molecule has 24 heavy (non-hydrogen) atoms. The summed E-state index contributed by atoms with van der Waals surface area (Å²) < 4.78 is 0.870. The number of hydrogen-bond donors (Lipinski definition) is 2. The lowest BCUT2D eigenvalue weighted by Gasteiger charge is -2.26. The lowest BCUT2D eigenvalue weighted by atomic mass is 9.88. The molecule has 3 rings (SSSR count).